The van der Waals surface area contributed by atoms with Gasteiger partial charge in [0.1, 0.15) is 5.82 Å². The molecule has 0 saturated carbocycles. The Labute approximate surface area is 130 Å². The molecule has 0 aliphatic carbocycles. The van der Waals surface area contributed by atoms with Crippen molar-refractivity contribution in [3.8, 4) is 0 Å². The highest BCUT2D eigenvalue weighted by molar-refractivity contribution is 9.10. The van der Waals surface area contributed by atoms with Gasteiger partial charge in [-0.1, -0.05) is 39.7 Å². The van der Waals surface area contributed by atoms with Crippen molar-refractivity contribution in [1.82, 2.24) is 4.72 Å². The molecule has 0 aliphatic rings. The molecule has 0 aliphatic heterocycles. The smallest absolute Gasteiger partial charge is 0.207 e. The molecule has 0 unspecified atom stereocenters. The van der Waals surface area contributed by atoms with Gasteiger partial charge in [-0.3, -0.25) is 0 Å². The van der Waals surface area contributed by atoms with Gasteiger partial charge in [-0.2, -0.15) is 0 Å². The lowest BCUT2D eigenvalue weighted by Gasteiger charge is -2.07. The van der Waals surface area contributed by atoms with E-state index in [1.165, 1.54) is 30.3 Å². The molecule has 0 atom stereocenters. The Morgan fingerprint density at radius 2 is 1.95 bits per heavy atom. The maximum Gasteiger partial charge on any atom is 0.240 e. The highest BCUT2D eigenvalue weighted by atomic mass is 79.9. The van der Waals surface area contributed by atoms with E-state index in [2.05, 4.69) is 20.7 Å². The van der Waals surface area contributed by atoms with E-state index in [0.717, 1.165) is 0 Å². The molecule has 20 heavy (non-hydrogen) atoms. The Morgan fingerprint density at radius 1 is 1.20 bits per heavy atom. The first-order chi connectivity index (χ1) is 9.38. The first-order valence-corrected chi connectivity index (χ1v) is 8.23. The van der Waals surface area contributed by atoms with Crippen molar-refractivity contribution in [2.45, 2.75) is 11.4 Å². The Bertz CT molecular complexity index is 737. The van der Waals surface area contributed by atoms with E-state index < -0.39 is 15.8 Å². The van der Waals surface area contributed by atoms with Gasteiger partial charge < -0.3 is 0 Å². The Kier molecular flexibility index (Phi) is 4.80. The first kappa shape index (κ1) is 15.4. The Balaban J connectivity index is 2.15. The fraction of sp³-hybridized carbons (Fsp3) is 0.0769. The van der Waals surface area contributed by atoms with Gasteiger partial charge in [-0.25, -0.2) is 17.5 Å². The molecule has 2 rings (SSSR count). The molecule has 0 bridgehead atoms. The Hall–Kier alpha value is -0.950. The maximum absolute atomic E-state index is 13.0. The molecule has 0 saturated heterocycles. The highest BCUT2D eigenvalue weighted by Crippen LogP contribution is 2.18. The van der Waals surface area contributed by atoms with Gasteiger partial charge in [-0.15, -0.1) is 0 Å². The van der Waals surface area contributed by atoms with Crippen LogP contribution in [0.4, 0.5) is 4.39 Å². The average molecular weight is 379 g/mol. The van der Waals surface area contributed by atoms with Crippen LogP contribution in [-0.4, -0.2) is 8.42 Å². The molecule has 7 heteroatoms. The quantitative estimate of drug-likeness (QED) is 0.881. The molecule has 0 spiro atoms. The van der Waals surface area contributed by atoms with Crippen molar-refractivity contribution in [3.05, 3.63) is 63.3 Å². The third-order valence-electron chi connectivity index (χ3n) is 2.56. The molecule has 0 heterocycles. The molecule has 1 N–H and O–H groups in total. The van der Waals surface area contributed by atoms with Crippen molar-refractivity contribution in [3.63, 3.8) is 0 Å². The summed E-state index contributed by atoms with van der Waals surface area (Å²) in [4.78, 5) is 0.153. The summed E-state index contributed by atoms with van der Waals surface area (Å²) in [6.07, 6.45) is 0. The maximum atomic E-state index is 13.0. The number of sulfonamides is 1. The van der Waals surface area contributed by atoms with Crippen LogP contribution in [0.25, 0.3) is 0 Å². The third kappa shape index (κ3) is 3.79. The fourth-order valence-electron chi connectivity index (χ4n) is 1.55. The van der Waals surface area contributed by atoms with E-state index in [-0.39, 0.29) is 16.5 Å². The predicted molar refractivity (Wildman–Crippen MR) is 79.6 cm³/mol. The monoisotopic (exact) mass is 377 g/mol. The molecule has 0 aromatic heterocycles. The molecule has 0 amide bonds. The van der Waals surface area contributed by atoms with Gasteiger partial charge in [-0.05, 0) is 35.9 Å². The van der Waals surface area contributed by atoms with Crippen LogP contribution < -0.4 is 4.72 Å². The molecule has 3 nitrogen and oxygen atoms in total. The number of benzene rings is 2. The second-order valence-corrected chi connectivity index (χ2v) is 7.12. The summed E-state index contributed by atoms with van der Waals surface area (Å²) in [6.45, 7) is 0.0366. The van der Waals surface area contributed by atoms with Crippen molar-refractivity contribution in [2.24, 2.45) is 0 Å². The molecule has 2 aromatic carbocycles. The van der Waals surface area contributed by atoms with Gasteiger partial charge in [0, 0.05) is 11.0 Å². The molecule has 106 valence electrons. The largest absolute Gasteiger partial charge is 0.240 e. The van der Waals surface area contributed by atoms with E-state index in [0.29, 0.717) is 10.0 Å². The van der Waals surface area contributed by atoms with Gasteiger partial charge in [0.05, 0.1) is 9.92 Å². The predicted octanol–water partition coefficient (Wildman–Crippen LogP) is 3.72. The number of rotatable bonds is 4. The minimum absolute atomic E-state index is 0.0366. The minimum Gasteiger partial charge on any atom is -0.207 e. The first-order valence-electron chi connectivity index (χ1n) is 5.58. The Morgan fingerprint density at radius 3 is 2.60 bits per heavy atom. The van der Waals surface area contributed by atoms with Crippen molar-refractivity contribution >= 4 is 37.6 Å². The summed E-state index contributed by atoms with van der Waals surface area (Å²) in [5, 5.41) is -0.0378. The minimum atomic E-state index is -3.62. The van der Waals surface area contributed by atoms with E-state index in [9.17, 15) is 12.8 Å². The van der Waals surface area contributed by atoms with E-state index in [1.807, 2.05) is 0 Å². The summed E-state index contributed by atoms with van der Waals surface area (Å²) in [7, 11) is -3.62. The standard InChI is InChI=1S/C13H10BrClFNO2S/c14-10-2-1-3-11(7-10)20(18,19)17-8-9-4-5-13(16)12(15)6-9/h1-7,17H,8H2. The number of halogens is 3. The van der Waals surface area contributed by atoms with Gasteiger partial charge in [0.25, 0.3) is 0 Å². The lowest BCUT2D eigenvalue weighted by Crippen LogP contribution is -2.23. The molecule has 0 fully saturated rings. The lowest BCUT2D eigenvalue weighted by molar-refractivity contribution is 0.581. The van der Waals surface area contributed by atoms with E-state index in [1.54, 1.807) is 12.1 Å². The van der Waals surface area contributed by atoms with Gasteiger partial charge in [0.2, 0.25) is 10.0 Å². The lowest BCUT2D eigenvalue weighted by atomic mass is 10.2. The molecular formula is C13H10BrClFNO2S. The number of hydrogen-bond acceptors (Lipinski definition) is 2. The van der Waals surface area contributed by atoms with Crippen molar-refractivity contribution in [1.29, 1.82) is 0 Å². The zero-order chi connectivity index (χ0) is 14.8. The van der Waals surface area contributed by atoms with Gasteiger partial charge in [0.15, 0.2) is 0 Å². The van der Waals surface area contributed by atoms with E-state index >= 15 is 0 Å². The highest BCUT2D eigenvalue weighted by Gasteiger charge is 2.14. The third-order valence-corrected chi connectivity index (χ3v) is 4.74. The SMILES string of the molecule is O=S(=O)(NCc1ccc(F)c(Cl)c1)c1cccc(Br)c1. The van der Waals surface area contributed by atoms with Crippen LogP contribution in [0, 0.1) is 5.82 Å². The zero-order valence-electron chi connectivity index (χ0n) is 10.1. The van der Waals surface area contributed by atoms with Crippen LogP contribution in [0.3, 0.4) is 0 Å². The molecule has 0 radical (unpaired) electrons. The number of hydrogen-bond donors (Lipinski definition) is 1. The second-order valence-electron chi connectivity index (χ2n) is 4.03. The van der Waals surface area contributed by atoms with E-state index in [4.69, 9.17) is 11.6 Å². The number of nitrogens with one attached hydrogen (secondary N) is 1. The van der Waals surface area contributed by atoms with Gasteiger partial charge >= 0.3 is 0 Å². The molecular weight excluding hydrogens is 369 g/mol. The summed E-state index contributed by atoms with van der Waals surface area (Å²) in [5.41, 5.74) is 0.579. The topological polar surface area (TPSA) is 46.2 Å². The summed E-state index contributed by atoms with van der Waals surface area (Å²) < 4.78 is 40.3. The summed E-state index contributed by atoms with van der Waals surface area (Å²) in [6, 6.07) is 10.4. The van der Waals surface area contributed by atoms with Crippen LogP contribution in [0.2, 0.25) is 5.02 Å². The van der Waals surface area contributed by atoms with Crippen LogP contribution >= 0.6 is 27.5 Å². The van der Waals surface area contributed by atoms with Crippen molar-refractivity contribution in [2.75, 3.05) is 0 Å². The van der Waals surface area contributed by atoms with Crippen LogP contribution in [0.5, 0.6) is 0 Å². The second kappa shape index (κ2) is 6.22. The van der Waals surface area contributed by atoms with Crippen LogP contribution in [0.15, 0.2) is 51.8 Å². The van der Waals surface area contributed by atoms with Crippen LogP contribution in [0.1, 0.15) is 5.56 Å². The van der Waals surface area contributed by atoms with Crippen molar-refractivity contribution < 1.29 is 12.8 Å². The molecule has 2 aromatic rings. The normalized spacial score (nSPS) is 11.6. The summed E-state index contributed by atoms with van der Waals surface area (Å²) in [5.74, 6) is -0.537. The summed E-state index contributed by atoms with van der Waals surface area (Å²) >= 11 is 8.86. The fourth-order valence-corrected chi connectivity index (χ4v) is 3.36. The van der Waals surface area contributed by atoms with Crippen LogP contribution in [-0.2, 0) is 16.6 Å². The zero-order valence-corrected chi connectivity index (χ0v) is 13.3. The average Bonchev–Trinajstić information content (AvgIpc) is 2.40.